The van der Waals surface area contributed by atoms with Crippen LogP contribution in [0.3, 0.4) is 0 Å². The zero-order valence-corrected chi connectivity index (χ0v) is 10.2. The summed E-state index contributed by atoms with van der Waals surface area (Å²) in [6, 6.07) is 2.34. The van der Waals surface area contributed by atoms with Gasteiger partial charge < -0.3 is 5.11 Å². The molecule has 0 aliphatic heterocycles. The minimum absolute atomic E-state index is 0.489. The maximum Gasteiger partial charge on any atom is 0.304 e. The quantitative estimate of drug-likeness (QED) is 0.593. The van der Waals surface area contributed by atoms with Gasteiger partial charge in [-0.2, -0.15) is 0 Å². The molecule has 0 saturated heterocycles. The van der Waals surface area contributed by atoms with Gasteiger partial charge >= 0.3 is 5.97 Å². The Morgan fingerprint density at radius 3 is 2.63 bits per heavy atom. The number of nitro benzene ring substituents is 1. The average Bonchev–Trinajstić information content (AvgIpc) is 2.29. The van der Waals surface area contributed by atoms with Crippen LogP contribution in [0, 0.1) is 15.9 Å². The highest BCUT2D eigenvalue weighted by atomic mass is 32.2. The largest absolute Gasteiger partial charge is 0.481 e. The molecule has 0 spiro atoms. The van der Waals surface area contributed by atoms with Gasteiger partial charge in [-0.15, -0.1) is 0 Å². The summed E-state index contributed by atoms with van der Waals surface area (Å²) in [5, 5.41) is 18.8. The molecule has 0 fully saturated rings. The van der Waals surface area contributed by atoms with Crippen LogP contribution >= 0.6 is 0 Å². The fourth-order valence-corrected chi connectivity index (χ4v) is 2.18. The number of rotatable bonds is 6. The molecule has 10 heteroatoms. The number of carboxylic acid groups (broad SMARTS) is 1. The van der Waals surface area contributed by atoms with E-state index < -0.39 is 50.3 Å². The van der Waals surface area contributed by atoms with Gasteiger partial charge in [0.05, 0.1) is 22.8 Å². The lowest BCUT2D eigenvalue weighted by Crippen LogP contribution is -2.19. The zero-order valence-electron chi connectivity index (χ0n) is 9.37. The number of nitrogens with zero attached hydrogens (tertiary/aromatic N) is 1. The molecule has 19 heavy (non-hydrogen) atoms. The molecule has 0 amide bonds. The molecule has 0 saturated carbocycles. The summed E-state index contributed by atoms with van der Waals surface area (Å²) in [6.45, 7) is 0. The Morgan fingerprint density at radius 2 is 2.11 bits per heavy atom. The SMILES string of the molecule is O=C(O)CCS(=O)(=O)Nc1cc([N+](=O)[O-])ccc1F. The molecule has 1 aromatic carbocycles. The molecule has 1 rings (SSSR count). The van der Waals surface area contributed by atoms with Gasteiger partial charge in [0.25, 0.3) is 5.69 Å². The summed E-state index contributed by atoms with van der Waals surface area (Å²) < 4.78 is 37.9. The van der Waals surface area contributed by atoms with Crippen molar-refractivity contribution >= 4 is 27.4 Å². The second-order valence-corrected chi connectivity index (χ2v) is 5.33. The minimum Gasteiger partial charge on any atom is -0.481 e. The molecule has 104 valence electrons. The van der Waals surface area contributed by atoms with Gasteiger partial charge in [-0.1, -0.05) is 0 Å². The minimum atomic E-state index is -4.09. The van der Waals surface area contributed by atoms with E-state index in [0.717, 1.165) is 12.1 Å². The van der Waals surface area contributed by atoms with E-state index in [9.17, 15) is 27.7 Å². The first-order chi connectivity index (χ1) is 8.71. The molecule has 0 aromatic heterocycles. The molecule has 0 atom stereocenters. The van der Waals surface area contributed by atoms with E-state index in [-0.39, 0.29) is 0 Å². The smallest absolute Gasteiger partial charge is 0.304 e. The molecule has 0 aliphatic carbocycles. The summed E-state index contributed by atoms with van der Waals surface area (Å²) in [4.78, 5) is 19.9. The average molecular weight is 292 g/mol. The number of sulfonamides is 1. The Hall–Kier alpha value is -2.23. The van der Waals surface area contributed by atoms with Gasteiger partial charge in [0.2, 0.25) is 10.0 Å². The summed E-state index contributed by atoms with van der Waals surface area (Å²) >= 11 is 0. The summed E-state index contributed by atoms with van der Waals surface area (Å²) in [7, 11) is -4.09. The number of benzene rings is 1. The van der Waals surface area contributed by atoms with Crippen molar-refractivity contribution in [2.45, 2.75) is 6.42 Å². The molecule has 0 radical (unpaired) electrons. The number of carboxylic acids is 1. The van der Waals surface area contributed by atoms with E-state index in [4.69, 9.17) is 5.11 Å². The van der Waals surface area contributed by atoms with Gasteiger partial charge in [0.15, 0.2) is 0 Å². The number of nitro groups is 1. The number of halogens is 1. The molecule has 0 unspecified atom stereocenters. The molecular formula is C9H9FN2O6S. The van der Waals surface area contributed by atoms with Crippen LogP contribution in [-0.2, 0) is 14.8 Å². The summed E-state index contributed by atoms with van der Waals surface area (Å²) in [6.07, 6.45) is -0.661. The Labute approximate surface area is 107 Å². The molecule has 0 heterocycles. The van der Waals surface area contributed by atoms with Crippen molar-refractivity contribution in [3.05, 3.63) is 34.1 Å². The van der Waals surface area contributed by atoms with Crippen molar-refractivity contribution in [3.8, 4) is 0 Å². The van der Waals surface area contributed by atoms with Crippen LogP contribution in [0.2, 0.25) is 0 Å². The first-order valence-electron chi connectivity index (χ1n) is 4.87. The Morgan fingerprint density at radius 1 is 1.47 bits per heavy atom. The van der Waals surface area contributed by atoms with Crippen molar-refractivity contribution in [1.29, 1.82) is 0 Å². The van der Waals surface area contributed by atoms with Crippen molar-refractivity contribution in [2.24, 2.45) is 0 Å². The maximum atomic E-state index is 13.3. The van der Waals surface area contributed by atoms with E-state index >= 15 is 0 Å². The van der Waals surface area contributed by atoms with E-state index in [1.807, 2.05) is 0 Å². The van der Waals surface area contributed by atoms with Crippen LogP contribution in [0.25, 0.3) is 0 Å². The van der Waals surface area contributed by atoms with E-state index in [1.54, 1.807) is 4.72 Å². The number of aliphatic carboxylic acids is 1. The topological polar surface area (TPSA) is 127 Å². The number of hydrogen-bond acceptors (Lipinski definition) is 5. The molecular weight excluding hydrogens is 283 g/mol. The number of non-ortho nitro benzene ring substituents is 1. The van der Waals surface area contributed by atoms with E-state index in [0.29, 0.717) is 6.07 Å². The highest BCUT2D eigenvalue weighted by Gasteiger charge is 2.17. The fourth-order valence-electron chi connectivity index (χ4n) is 1.15. The normalized spacial score (nSPS) is 11.0. The predicted molar refractivity (Wildman–Crippen MR) is 62.7 cm³/mol. The van der Waals surface area contributed by atoms with Crippen LogP contribution in [-0.4, -0.2) is 30.2 Å². The molecule has 1 aromatic rings. The van der Waals surface area contributed by atoms with E-state index in [2.05, 4.69) is 0 Å². The van der Waals surface area contributed by atoms with Gasteiger partial charge in [0, 0.05) is 12.1 Å². The highest BCUT2D eigenvalue weighted by Crippen LogP contribution is 2.22. The van der Waals surface area contributed by atoms with Gasteiger partial charge in [-0.3, -0.25) is 19.6 Å². The molecule has 0 aliphatic rings. The third-order valence-corrected chi connectivity index (χ3v) is 3.28. The Bertz CT molecular complexity index is 615. The zero-order chi connectivity index (χ0) is 14.6. The number of nitrogens with one attached hydrogen (secondary N) is 1. The van der Waals surface area contributed by atoms with Crippen molar-refractivity contribution in [2.75, 3.05) is 10.5 Å². The Balaban J connectivity index is 2.95. The van der Waals surface area contributed by atoms with Crippen LogP contribution < -0.4 is 4.72 Å². The molecule has 2 N–H and O–H groups in total. The van der Waals surface area contributed by atoms with Crippen molar-refractivity contribution < 1.29 is 27.6 Å². The highest BCUT2D eigenvalue weighted by molar-refractivity contribution is 7.92. The van der Waals surface area contributed by atoms with Crippen LogP contribution in [0.5, 0.6) is 0 Å². The lowest BCUT2D eigenvalue weighted by Gasteiger charge is -2.07. The third kappa shape index (κ3) is 4.50. The number of hydrogen-bond donors (Lipinski definition) is 2. The maximum absolute atomic E-state index is 13.3. The van der Waals surface area contributed by atoms with Crippen molar-refractivity contribution in [1.82, 2.24) is 0 Å². The summed E-state index contributed by atoms with van der Waals surface area (Å²) in [5.74, 6) is -3.08. The lowest BCUT2D eigenvalue weighted by atomic mass is 10.3. The van der Waals surface area contributed by atoms with Crippen molar-refractivity contribution in [3.63, 3.8) is 0 Å². The van der Waals surface area contributed by atoms with Gasteiger partial charge in [-0.25, -0.2) is 12.8 Å². The Kier molecular flexibility index (Phi) is 4.38. The fraction of sp³-hybridized carbons (Fsp3) is 0.222. The predicted octanol–water partition coefficient (Wildman–Crippen LogP) is 0.950. The summed E-state index contributed by atoms with van der Waals surface area (Å²) in [5.41, 5.74) is -1.09. The third-order valence-electron chi connectivity index (χ3n) is 2.01. The number of carbonyl (C=O) groups is 1. The second kappa shape index (κ2) is 5.61. The van der Waals surface area contributed by atoms with Gasteiger partial charge in [0.1, 0.15) is 5.82 Å². The molecule has 0 bridgehead atoms. The second-order valence-electron chi connectivity index (χ2n) is 3.49. The first-order valence-corrected chi connectivity index (χ1v) is 6.53. The number of anilines is 1. The van der Waals surface area contributed by atoms with Crippen LogP contribution in [0.1, 0.15) is 6.42 Å². The molecule has 8 nitrogen and oxygen atoms in total. The van der Waals surface area contributed by atoms with E-state index in [1.165, 1.54) is 0 Å². The van der Waals surface area contributed by atoms with Gasteiger partial charge in [-0.05, 0) is 6.07 Å². The monoisotopic (exact) mass is 292 g/mol. The van der Waals surface area contributed by atoms with Crippen LogP contribution in [0.15, 0.2) is 18.2 Å². The standard InChI is InChI=1S/C9H9FN2O6S/c10-7-2-1-6(12(15)16)5-8(7)11-19(17,18)4-3-9(13)14/h1-2,5,11H,3-4H2,(H,13,14). The first kappa shape index (κ1) is 14.8. The lowest BCUT2D eigenvalue weighted by molar-refractivity contribution is -0.384. The van der Waals surface area contributed by atoms with Crippen LogP contribution in [0.4, 0.5) is 15.8 Å².